The van der Waals surface area contributed by atoms with Gasteiger partial charge < -0.3 is 19.4 Å². The van der Waals surface area contributed by atoms with Crippen LogP contribution in [0.2, 0.25) is 0 Å². The van der Waals surface area contributed by atoms with Crippen molar-refractivity contribution in [1.82, 2.24) is 9.88 Å². The van der Waals surface area contributed by atoms with Crippen molar-refractivity contribution in [2.24, 2.45) is 0 Å². The Hall–Kier alpha value is -2.30. The van der Waals surface area contributed by atoms with E-state index >= 15 is 0 Å². The molecule has 130 valence electrons. The van der Waals surface area contributed by atoms with Crippen molar-refractivity contribution in [3.8, 4) is 16.9 Å². The van der Waals surface area contributed by atoms with Crippen molar-refractivity contribution in [1.29, 1.82) is 0 Å². The highest BCUT2D eigenvalue weighted by Crippen LogP contribution is 2.31. The maximum atomic E-state index is 5.39. The molecule has 4 rings (SSSR count). The predicted molar refractivity (Wildman–Crippen MR) is 101 cm³/mol. The Bertz CT molecular complexity index is 898. The summed E-state index contributed by atoms with van der Waals surface area (Å²) in [5.41, 5.74) is 6.31. The summed E-state index contributed by atoms with van der Waals surface area (Å²) in [5.74, 6) is 0.861. The van der Waals surface area contributed by atoms with E-state index in [0.29, 0.717) is 6.61 Å². The molecule has 0 spiro atoms. The summed E-state index contributed by atoms with van der Waals surface area (Å²) in [6, 6.07) is 15.3. The zero-order valence-corrected chi connectivity index (χ0v) is 14.8. The van der Waals surface area contributed by atoms with Crippen LogP contribution in [-0.4, -0.2) is 31.9 Å². The molecule has 3 aromatic rings. The number of nitrogens with zero attached hydrogens (tertiary/aromatic N) is 1. The van der Waals surface area contributed by atoms with E-state index in [1.807, 2.05) is 6.07 Å². The van der Waals surface area contributed by atoms with E-state index < -0.39 is 0 Å². The summed E-state index contributed by atoms with van der Waals surface area (Å²) < 4.78 is 13.2. The first-order chi connectivity index (χ1) is 12.3. The summed E-state index contributed by atoms with van der Waals surface area (Å²) in [6.07, 6.45) is 1.08. The Morgan fingerprint density at radius 3 is 2.80 bits per heavy atom. The fraction of sp³-hybridized carbons (Fsp3) is 0.333. The molecule has 0 unspecified atom stereocenters. The summed E-state index contributed by atoms with van der Waals surface area (Å²) in [6.45, 7) is 3.70. The van der Waals surface area contributed by atoms with Crippen molar-refractivity contribution < 1.29 is 9.47 Å². The van der Waals surface area contributed by atoms with E-state index in [4.69, 9.17) is 9.47 Å². The van der Waals surface area contributed by atoms with Crippen LogP contribution in [0.3, 0.4) is 0 Å². The van der Waals surface area contributed by atoms with Crippen LogP contribution in [0.25, 0.3) is 22.0 Å². The highest BCUT2D eigenvalue weighted by Gasteiger charge is 2.13. The SMILES string of the molecule is COCc1cc(OC)ccc1-c1ccc2c(c1)cc1n2CCNCC1. The van der Waals surface area contributed by atoms with Gasteiger partial charge in [-0.3, -0.25) is 0 Å². The Balaban J connectivity index is 1.80. The molecule has 0 saturated carbocycles. The van der Waals surface area contributed by atoms with Gasteiger partial charge in [0.15, 0.2) is 0 Å². The van der Waals surface area contributed by atoms with Crippen LogP contribution in [0.15, 0.2) is 42.5 Å². The minimum atomic E-state index is 0.572. The number of hydrogen-bond donors (Lipinski definition) is 1. The van der Waals surface area contributed by atoms with Gasteiger partial charge >= 0.3 is 0 Å². The van der Waals surface area contributed by atoms with Gasteiger partial charge in [-0.05, 0) is 47.0 Å². The van der Waals surface area contributed by atoms with Gasteiger partial charge in [0.05, 0.1) is 13.7 Å². The molecule has 0 fully saturated rings. The standard InChI is InChI=1S/C21H24N2O2/c1-24-14-17-13-19(25-2)4-5-20(17)15-3-6-21-16(11-15)12-18-7-8-22-9-10-23(18)21/h3-6,11-13,22H,7-10,14H2,1-2H3. The van der Waals surface area contributed by atoms with Gasteiger partial charge in [0, 0.05) is 49.8 Å². The van der Waals surface area contributed by atoms with Crippen LogP contribution in [-0.2, 0) is 24.3 Å². The van der Waals surface area contributed by atoms with E-state index in [1.165, 1.54) is 27.7 Å². The van der Waals surface area contributed by atoms with Gasteiger partial charge in [0.25, 0.3) is 0 Å². The maximum absolute atomic E-state index is 5.39. The monoisotopic (exact) mass is 336 g/mol. The lowest BCUT2D eigenvalue weighted by molar-refractivity contribution is 0.185. The second-order valence-electron chi connectivity index (χ2n) is 6.52. The molecule has 0 amide bonds. The highest BCUT2D eigenvalue weighted by molar-refractivity contribution is 5.87. The molecule has 1 aliphatic heterocycles. The first-order valence-corrected chi connectivity index (χ1v) is 8.79. The molecule has 0 radical (unpaired) electrons. The number of benzene rings is 2. The number of aromatic nitrogens is 1. The average molecular weight is 336 g/mol. The molecule has 0 bridgehead atoms. The van der Waals surface area contributed by atoms with Crippen LogP contribution in [0.4, 0.5) is 0 Å². The van der Waals surface area contributed by atoms with E-state index in [1.54, 1.807) is 14.2 Å². The lowest BCUT2D eigenvalue weighted by Gasteiger charge is -2.12. The quantitative estimate of drug-likeness (QED) is 0.790. The molecule has 0 aliphatic carbocycles. The van der Waals surface area contributed by atoms with Crippen molar-refractivity contribution >= 4 is 10.9 Å². The molecule has 25 heavy (non-hydrogen) atoms. The number of rotatable bonds is 4. The lowest BCUT2D eigenvalue weighted by Crippen LogP contribution is -2.17. The Labute approximate surface area is 148 Å². The van der Waals surface area contributed by atoms with Crippen molar-refractivity contribution in [2.45, 2.75) is 19.6 Å². The molecule has 4 heteroatoms. The van der Waals surface area contributed by atoms with Gasteiger partial charge in [-0.25, -0.2) is 0 Å². The molecule has 1 aliphatic rings. The third-order valence-electron chi connectivity index (χ3n) is 4.98. The summed E-state index contributed by atoms with van der Waals surface area (Å²) in [4.78, 5) is 0. The van der Waals surface area contributed by atoms with Crippen molar-refractivity contribution in [3.63, 3.8) is 0 Å². The van der Waals surface area contributed by atoms with Crippen LogP contribution in [0.5, 0.6) is 5.75 Å². The predicted octanol–water partition coefficient (Wildman–Crippen LogP) is 3.61. The molecule has 2 aromatic carbocycles. The average Bonchev–Trinajstić information content (AvgIpc) is 2.82. The molecule has 1 aromatic heterocycles. The van der Waals surface area contributed by atoms with Crippen LogP contribution in [0.1, 0.15) is 11.3 Å². The largest absolute Gasteiger partial charge is 0.497 e. The summed E-state index contributed by atoms with van der Waals surface area (Å²) in [5, 5.41) is 4.78. The van der Waals surface area contributed by atoms with Gasteiger partial charge in [-0.1, -0.05) is 12.1 Å². The summed E-state index contributed by atoms with van der Waals surface area (Å²) >= 11 is 0. The minimum absolute atomic E-state index is 0.572. The third kappa shape index (κ3) is 3.03. The van der Waals surface area contributed by atoms with Gasteiger partial charge in [0.2, 0.25) is 0 Å². The van der Waals surface area contributed by atoms with Crippen LogP contribution in [0, 0.1) is 0 Å². The molecule has 2 heterocycles. The van der Waals surface area contributed by atoms with E-state index in [0.717, 1.165) is 37.4 Å². The molecule has 0 atom stereocenters. The normalized spacial score (nSPS) is 14.3. The lowest BCUT2D eigenvalue weighted by atomic mass is 9.98. The second-order valence-corrected chi connectivity index (χ2v) is 6.52. The Morgan fingerprint density at radius 2 is 1.96 bits per heavy atom. The number of fused-ring (bicyclic) bond motifs is 3. The van der Waals surface area contributed by atoms with Crippen molar-refractivity contribution in [3.05, 3.63) is 53.7 Å². The van der Waals surface area contributed by atoms with E-state index in [-0.39, 0.29) is 0 Å². The number of hydrogen-bond acceptors (Lipinski definition) is 3. The first-order valence-electron chi connectivity index (χ1n) is 8.79. The number of nitrogens with one attached hydrogen (secondary N) is 1. The summed E-state index contributed by atoms with van der Waals surface area (Å²) in [7, 11) is 3.42. The molecule has 1 N–H and O–H groups in total. The van der Waals surface area contributed by atoms with Crippen LogP contribution >= 0.6 is 0 Å². The minimum Gasteiger partial charge on any atom is -0.497 e. The highest BCUT2D eigenvalue weighted by atomic mass is 16.5. The molecule has 0 saturated heterocycles. The second kappa shape index (κ2) is 6.90. The van der Waals surface area contributed by atoms with Gasteiger partial charge in [-0.2, -0.15) is 0 Å². The van der Waals surface area contributed by atoms with Crippen molar-refractivity contribution in [2.75, 3.05) is 27.3 Å². The fourth-order valence-electron chi connectivity index (χ4n) is 3.75. The topological polar surface area (TPSA) is 35.4 Å². The third-order valence-corrected chi connectivity index (χ3v) is 4.98. The van der Waals surface area contributed by atoms with Gasteiger partial charge in [-0.15, -0.1) is 0 Å². The van der Waals surface area contributed by atoms with E-state index in [2.05, 4.69) is 46.3 Å². The fourth-order valence-corrected chi connectivity index (χ4v) is 3.75. The zero-order chi connectivity index (χ0) is 17.2. The zero-order valence-electron chi connectivity index (χ0n) is 14.8. The first kappa shape index (κ1) is 16.2. The number of ether oxygens (including phenoxy) is 2. The van der Waals surface area contributed by atoms with Gasteiger partial charge in [0.1, 0.15) is 5.75 Å². The van der Waals surface area contributed by atoms with Crippen LogP contribution < -0.4 is 10.1 Å². The molecular weight excluding hydrogens is 312 g/mol. The van der Waals surface area contributed by atoms with E-state index in [9.17, 15) is 0 Å². The Morgan fingerprint density at radius 1 is 1.04 bits per heavy atom. The maximum Gasteiger partial charge on any atom is 0.119 e. The number of methoxy groups -OCH3 is 2. The molecular formula is C21H24N2O2. The smallest absolute Gasteiger partial charge is 0.119 e. The Kier molecular flexibility index (Phi) is 4.47. The molecule has 4 nitrogen and oxygen atoms in total.